The van der Waals surface area contributed by atoms with E-state index in [4.69, 9.17) is 4.74 Å². The predicted octanol–water partition coefficient (Wildman–Crippen LogP) is 2.41. The van der Waals surface area contributed by atoms with Crippen molar-refractivity contribution in [2.24, 2.45) is 5.92 Å². The van der Waals surface area contributed by atoms with Crippen LogP contribution in [0, 0.1) is 17.2 Å². The van der Waals surface area contributed by atoms with Gasteiger partial charge in [-0.25, -0.2) is 0 Å². The first-order valence-corrected chi connectivity index (χ1v) is 9.17. The molecule has 0 radical (unpaired) electrons. The number of ether oxygens (including phenoxy) is 1. The van der Waals surface area contributed by atoms with Crippen molar-refractivity contribution in [1.29, 1.82) is 5.26 Å². The van der Waals surface area contributed by atoms with Crippen LogP contribution < -0.4 is 5.32 Å². The maximum Gasteiger partial charge on any atom is 0.239 e. The number of carbonyl (C=O) groups is 1. The van der Waals surface area contributed by atoms with Gasteiger partial charge < -0.3 is 10.1 Å². The molecule has 1 amide bonds. The van der Waals surface area contributed by atoms with Crippen molar-refractivity contribution < 1.29 is 9.53 Å². The molecule has 1 aliphatic carbocycles. The number of nitrogens with one attached hydrogen (secondary N) is 1. The minimum atomic E-state index is -0.0333. The molecule has 0 aromatic carbocycles. The Morgan fingerprint density at radius 1 is 1.48 bits per heavy atom. The van der Waals surface area contributed by atoms with Crippen LogP contribution in [0.1, 0.15) is 35.8 Å². The Morgan fingerprint density at radius 3 is 2.96 bits per heavy atom. The largest absolute Gasteiger partial charge is 0.379 e. The fourth-order valence-electron chi connectivity index (χ4n) is 3.34. The first-order valence-electron chi connectivity index (χ1n) is 8.35. The van der Waals surface area contributed by atoms with Crippen molar-refractivity contribution in [3.63, 3.8) is 0 Å². The number of carbonyl (C=O) groups excluding carboxylic acids is 1. The molecule has 3 rings (SSSR count). The van der Waals surface area contributed by atoms with Gasteiger partial charge in [-0.3, -0.25) is 9.69 Å². The molecule has 6 heteroatoms. The summed E-state index contributed by atoms with van der Waals surface area (Å²) in [5.74, 6) is 0.679. The van der Waals surface area contributed by atoms with Crippen molar-refractivity contribution >= 4 is 22.2 Å². The monoisotopic (exact) mass is 333 g/mol. The molecule has 1 saturated heterocycles. The van der Waals surface area contributed by atoms with Crippen LogP contribution >= 0.6 is 11.3 Å². The van der Waals surface area contributed by atoms with E-state index in [9.17, 15) is 10.1 Å². The second kappa shape index (κ2) is 7.43. The molecule has 124 valence electrons. The zero-order valence-corrected chi connectivity index (χ0v) is 14.4. The second-order valence-electron chi connectivity index (χ2n) is 6.27. The van der Waals surface area contributed by atoms with Gasteiger partial charge in [-0.05, 0) is 30.7 Å². The van der Waals surface area contributed by atoms with E-state index in [-0.39, 0.29) is 5.91 Å². The van der Waals surface area contributed by atoms with Gasteiger partial charge in [0.15, 0.2) is 0 Å². The number of amides is 1. The number of nitrogens with zero attached hydrogens (tertiary/aromatic N) is 2. The molecule has 23 heavy (non-hydrogen) atoms. The van der Waals surface area contributed by atoms with Gasteiger partial charge >= 0.3 is 0 Å². The zero-order chi connectivity index (χ0) is 16.2. The number of thiophene rings is 1. The molecule has 2 heterocycles. The van der Waals surface area contributed by atoms with Crippen LogP contribution in [0.25, 0.3) is 0 Å². The molecule has 1 aromatic heterocycles. The highest BCUT2D eigenvalue weighted by Crippen LogP contribution is 2.39. The van der Waals surface area contributed by atoms with Gasteiger partial charge in [-0.2, -0.15) is 5.26 Å². The fourth-order valence-corrected chi connectivity index (χ4v) is 4.67. The van der Waals surface area contributed by atoms with E-state index in [0.29, 0.717) is 31.2 Å². The molecule has 1 aliphatic heterocycles. The molecule has 0 bridgehead atoms. The SMILES string of the molecule is CC[C@@H]1CCc2c(sc(NC(=O)CN3CCOCC3)c2C#N)C1. The molecule has 5 nitrogen and oxygen atoms in total. The molecule has 1 N–H and O–H groups in total. The molecule has 1 atom stereocenters. The van der Waals surface area contributed by atoms with E-state index in [1.165, 1.54) is 16.9 Å². The van der Waals surface area contributed by atoms with E-state index < -0.39 is 0 Å². The highest BCUT2D eigenvalue weighted by molar-refractivity contribution is 7.16. The normalized spacial score (nSPS) is 21.5. The Bertz CT molecular complexity index is 614. The molecule has 2 aliphatic rings. The lowest BCUT2D eigenvalue weighted by molar-refractivity contribution is -0.118. The van der Waals surface area contributed by atoms with Crippen LogP contribution in [0.15, 0.2) is 0 Å². The molecular weight excluding hydrogens is 310 g/mol. The van der Waals surface area contributed by atoms with Crippen molar-refractivity contribution in [2.75, 3.05) is 38.2 Å². The maximum atomic E-state index is 12.3. The van der Waals surface area contributed by atoms with Gasteiger partial charge in [-0.15, -0.1) is 11.3 Å². The number of hydrogen-bond acceptors (Lipinski definition) is 5. The second-order valence-corrected chi connectivity index (χ2v) is 7.38. The summed E-state index contributed by atoms with van der Waals surface area (Å²) in [5, 5.41) is 13.2. The highest BCUT2D eigenvalue weighted by atomic mass is 32.1. The summed E-state index contributed by atoms with van der Waals surface area (Å²) in [6.07, 6.45) is 4.34. The van der Waals surface area contributed by atoms with Gasteiger partial charge in [-0.1, -0.05) is 13.3 Å². The van der Waals surface area contributed by atoms with Crippen LogP contribution in [-0.4, -0.2) is 43.7 Å². The Hall–Kier alpha value is -1.42. The predicted molar refractivity (Wildman–Crippen MR) is 90.7 cm³/mol. The minimum absolute atomic E-state index is 0.0333. The van der Waals surface area contributed by atoms with Crippen molar-refractivity contribution in [3.05, 3.63) is 16.0 Å². The highest BCUT2D eigenvalue weighted by Gasteiger charge is 2.26. The average molecular weight is 333 g/mol. The molecule has 0 spiro atoms. The summed E-state index contributed by atoms with van der Waals surface area (Å²) in [6, 6.07) is 2.31. The smallest absolute Gasteiger partial charge is 0.239 e. The van der Waals surface area contributed by atoms with E-state index in [0.717, 1.165) is 37.4 Å². The summed E-state index contributed by atoms with van der Waals surface area (Å²) in [7, 11) is 0. The average Bonchev–Trinajstić information content (AvgIpc) is 2.91. The Balaban J connectivity index is 1.69. The Morgan fingerprint density at radius 2 is 2.26 bits per heavy atom. The number of nitriles is 1. The third-order valence-electron chi connectivity index (χ3n) is 4.78. The van der Waals surface area contributed by atoms with Gasteiger partial charge in [0.25, 0.3) is 0 Å². The van der Waals surface area contributed by atoms with Crippen molar-refractivity contribution in [3.8, 4) is 6.07 Å². The summed E-state index contributed by atoms with van der Waals surface area (Å²) in [5.41, 5.74) is 1.86. The van der Waals surface area contributed by atoms with Crippen LogP contribution in [0.2, 0.25) is 0 Å². The van der Waals surface area contributed by atoms with Crippen LogP contribution in [0.3, 0.4) is 0 Å². The molecule has 1 aromatic rings. The van der Waals surface area contributed by atoms with Gasteiger partial charge in [0.05, 0.1) is 25.3 Å². The number of rotatable bonds is 4. The number of hydrogen-bond donors (Lipinski definition) is 1. The fraction of sp³-hybridized carbons (Fsp3) is 0.647. The Kier molecular flexibility index (Phi) is 5.31. The summed E-state index contributed by atoms with van der Waals surface area (Å²) in [6.45, 7) is 5.54. The van der Waals surface area contributed by atoms with Crippen molar-refractivity contribution in [1.82, 2.24) is 4.90 Å². The quantitative estimate of drug-likeness (QED) is 0.919. The molecular formula is C17H23N3O2S. The zero-order valence-electron chi connectivity index (χ0n) is 13.6. The van der Waals surface area contributed by atoms with Crippen LogP contribution in [-0.2, 0) is 22.4 Å². The van der Waals surface area contributed by atoms with Crippen molar-refractivity contribution in [2.45, 2.75) is 32.6 Å². The van der Waals surface area contributed by atoms with E-state index >= 15 is 0 Å². The van der Waals surface area contributed by atoms with Crippen LogP contribution in [0.4, 0.5) is 5.00 Å². The summed E-state index contributed by atoms with van der Waals surface area (Å²) < 4.78 is 5.30. The number of anilines is 1. The lowest BCUT2D eigenvalue weighted by Crippen LogP contribution is -2.41. The minimum Gasteiger partial charge on any atom is -0.379 e. The third kappa shape index (κ3) is 3.74. The third-order valence-corrected chi connectivity index (χ3v) is 5.95. The topological polar surface area (TPSA) is 65.4 Å². The van der Waals surface area contributed by atoms with E-state index in [2.05, 4.69) is 23.2 Å². The standard InChI is InChI=1S/C17H23N3O2S/c1-2-12-3-4-13-14(10-18)17(23-15(13)9-12)19-16(21)11-20-5-7-22-8-6-20/h12H,2-9,11H2,1H3,(H,19,21)/t12-/m1/s1. The molecule has 0 saturated carbocycles. The van der Waals surface area contributed by atoms with E-state index in [1.807, 2.05) is 0 Å². The maximum absolute atomic E-state index is 12.3. The number of fused-ring (bicyclic) bond motifs is 1. The number of morpholine rings is 1. The summed E-state index contributed by atoms with van der Waals surface area (Å²) in [4.78, 5) is 15.7. The van der Waals surface area contributed by atoms with E-state index in [1.54, 1.807) is 11.3 Å². The Labute approximate surface area is 141 Å². The molecule has 0 unspecified atom stereocenters. The first-order chi connectivity index (χ1) is 11.2. The van der Waals surface area contributed by atoms with Gasteiger partial charge in [0.2, 0.25) is 5.91 Å². The van der Waals surface area contributed by atoms with Gasteiger partial charge in [0.1, 0.15) is 11.1 Å². The first kappa shape index (κ1) is 16.4. The van der Waals surface area contributed by atoms with Crippen LogP contribution in [0.5, 0.6) is 0 Å². The summed E-state index contributed by atoms with van der Waals surface area (Å²) >= 11 is 1.60. The lowest BCUT2D eigenvalue weighted by Gasteiger charge is -2.25. The van der Waals surface area contributed by atoms with Gasteiger partial charge in [0, 0.05) is 18.0 Å². The molecule has 1 fully saturated rings. The lowest BCUT2D eigenvalue weighted by atomic mass is 9.86.